The van der Waals surface area contributed by atoms with Crippen molar-refractivity contribution in [2.75, 3.05) is 0 Å². The molecule has 0 aliphatic heterocycles. The molecule has 0 aliphatic carbocycles. The van der Waals surface area contributed by atoms with Gasteiger partial charge in [-0.3, -0.25) is 10.1 Å². The Morgan fingerprint density at radius 3 is 2.31 bits per heavy atom. The first-order chi connectivity index (χ1) is 6.02. The van der Waals surface area contributed by atoms with E-state index < -0.39 is 7.52 Å². The maximum Gasteiger partial charge on any atom is 0.297 e. The molecule has 0 aromatic heterocycles. The fourth-order valence-corrected chi connectivity index (χ4v) is 2.35. The average molecular weight is 199 g/mol. The molecule has 1 rings (SSSR count). The Morgan fingerprint density at radius 2 is 1.85 bits per heavy atom. The summed E-state index contributed by atoms with van der Waals surface area (Å²) in [7, 11) is -3.10. The summed E-state index contributed by atoms with van der Waals surface area (Å²) in [6.45, 7) is 3.62. The van der Waals surface area contributed by atoms with Crippen molar-refractivity contribution in [3.05, 3.63) is 30.3 Å². The van der Waals surface area contributed by atoms with Crippen LogP contribution in [0.5, 0.6) is 0 Å². The van der Waals surface area contributed by atoms with Gasteiger partial charge in [-0.25, -0.2) is 0 Å². The zero-order valence-electron chi connectivity index (χ0n) is 7.81. The second kappa shape index (κ2) is 4.05. The van der Waals surface area contributed by atoms with E-state index in [-0.39, 0.29) is 6.10 Å². The molecule has 0 saturated carbocycles. The van der Waals surface area contributed by atoms with Crippen LogP contribution in [-0.2, 0) is 9.09 Å². The molecule has 3 nitrogen and oxygen atoms in total. The topological polar surface area (TPSA) is 52.3 Å². The van der Waals surface area contributed by atoms with E-state index in [0.717, 1.165) is 0 Å². The lowest BCUT2D eigenvalue weighted by molar-refractivity contribution is 0.249. The molecule has 0 aliphatic rings. The summed E-state index contributed by atoms with van der Waals surface area (Å²) < 4.78 is 16.9. The highest BCUT2D eigenvalue weighted by molar-refractivity contribution is 7.64. The summed E-state index contributed by atoms with van der Waals surface area (Å²) in [5.74, 6) is 0. The van der Waals surface area contributed by atoms with Gasteiger partial charge in [0, 0.05) is 0 Å². The summed E-state index contributed by atoms with van der Waals surface area (Å²) in [5.41, 5.74) is 5.57. The van der Waals surface area contributed by atoms with Gasteiger partial charge in [0.25, 0.3) is 7.52 Å². The lowest BCUT2D eigenvalue weighted by Crippen LogP contribution is -2.16. The van der Waals surface area contributed by atoms with Crippen molar-refractivity contribution in [1.29, 1.82) is 0 Å². The van der Waals surface area contributed by atoms with Gasteiger partial charge < -0.3 is 4.52 Å². The Hall–Kier alpha value is -0.630. The number of rotatable bonds is 3. The van der Waals surface area contributed by atoms with Crippen molar-refractivity contribution in [1.82, 2.24) is 0 Å². The quantitative estimate of drug-likeness (QED) is 0.756. The van der Waals surface area contributed by atoms with Crippen molar-refractivity contribution < 1.29 is 9.09 Å². The third kappa shape index (κ3) is 2.96. The van der Waals surface area contributed by atoms with E-state index in [0.29, 0.717) is 5.30 Å². The lowest BCUT2D eigenvalue weighted by atomic mass is 10.4. The predicted octanol–water partition coefficient (Wildman–Crippen LogP) is 1.89. The van der Waals surface area contributed by atoms with Crippen LogP contribution in [0, 0.1) is 0 Å². The normalized spacial score (nSPS) is 15.7. The van der Waals surface area contributed by atoms with Crippen molar-refractivity contribution in [3.8, 4) is 0 Å². The highest BCUT2D eigenvalue weighted by Crippen LogP contribution is 2.37. The summed E-state index contributed by atoms with van der Waals surface area (Å²) >= 11 is 0. The molecule has 1 aromatic rings. The van der Waals surface area contributed by atoms with Crippen LogP contribution in [-0.4, -0.2) is 6.10 Å². The van der Waals surface area contributed by atoms with E-state index >= 15 is 0 Å². The molecule has 72 valence electrons. The summed E-state index contributed by atoms with van der Waals surface area (Å²) in [4.78, 5) is 0. The Kier molecular flexibility index (Phi) is 3.26. The zero-order chi connectivity index (χ0) is 9.90. The molecule has 4 heteroatoms. The van der Waals surface area contributed by atoms with E-state index in [1.165, 1.54) is 0 Å². The molecule has 0 radical (unpaired) electrons. The fourth-order valence-electron chi connectivity index (χ4n) is 1.01. The van der Waals surface area contributed by atoms with Crippen molar-refractivity contribution >= 4 is 12.8 Å². The molecule has 1 aromatic carbocycles. The largest absolute Gasteiger partial charge is 0.312 e. The average Bonchev–Trinajstić information content (AvgIpc) is 2.04. The van der Waals surface area contributed by atoms with Crippen molar-refractivity contribution in [2.45, 2.75) is 20.0 Å². The highest BCUT2D eigenvalue weighted by atomic mass is 31.2. The van der Waals surface area contributed by atoms with Gasteiger partial charge in [0.2, 0.25) is 0 Å². The maximum absolute atomic E-state index is 11.8. The van der Waals surface area contributed by atoms with Crippen LogP contribution < -0.4 is 10.8 Å². The number of benzene rings is 1. The first kappa shape index (κ1) is 10.5. The zero-order valence-corrected chi connectivity index (χ0v) is 8.70. The number of nitrogens with two attached hydrogens (primary N) is 1. The van der Waals surface area contributed by atoms with Gasteiger partial charge >= 0.3 is 0 Å². The van der Waals surface area contributed by atoms with E-state index in [1.807, 2.05) is 19.9 Å². The molecule has 0 bridgehead atoms. The fraction of sp³-hybridized carbons (Fsp3) is 0.333. The third-order valence-electron chi connectivity index (χ3n) is 1.48. The monoisotopic (exact) mass is 199 g/mol. The third-order valence-corrected chi connectivity index (χ3v) is 3.24. The molecular weight excluding hydrogens is 185 g/mol. The number of hydrogen-bond acceptors (Lipinski definition) is 2. The van der Waals surface area contributed by atoms with E-state index in [1.54, 1.807) is 24.3 Å². The molecule has 1 unspecified atom stereocenters. The maximum atomic E-state index is 11.8. The molecule has 1 atom stereocenters. The summed E-state index contributed by atoms with van der Waals surface area (Å²) in [6.07, 6.45) is -0.129. The minimum absolute atomic E-state index is 0.129. The molecule has 0 spiro atoms. The Bertz CT molecular complexity index is 311. The Labute approximate surface area is 78.4 Å². The Balaban J connectivity index is 2.88. The van der Waals surface area contributed by atoms with Gasteiger partial charge in [-0.1, -0.05) is 18.2 Å². The summed E-state index contributed by atoms with van der Waals surface area (Å²) in [6, 6.07) is 8.85. The smallest absolute Gasteiger partial charge is 0.297 e. The minimum atomic E-state index is -3.10. The van der Waals surface area contributed by atoms with Crippen LogP contribution in [0.3, 0.4) is 0 Å². The van der Waals surface area contributed by atoms with Crippen LogP contribution in [0.1, 0.15) is 13.8 Å². The first-order valence-electron chi connectivity index (χ1n) is 4.15. The molecule has 2 N–H and O–H groups in total. The van der Waals surface area contributed by atoms with Gasteiger partial charge in [-0.05, 0) is 26.0 Å². The standard InChI is InChI=1S/C9H14NO2P/c1-8(2)12-13(10,11)9-6-4-3-5-7-9/h3-8H,1-2H3,(H2,10,11). The van der Waals surface area contributed by atoms with Gasteiger partial charge in [0.05, 0.1) is 11.4 Å². The van der Waals surface area contributed by atoms with Gasteiger partial charge in [-0.15, -0.1) is 0 Å². The second-order valence-electron chi connectivity index (χ2n) is 3.09. The Morgan fingerprint density at radius 1 is 1.31 bits per heavy atom. The van der Waals surface area contributed by atoms with Crippen LogP contribution in [0.2, 0.25) is 0 Å². The van der Waals surface area contributed by atoms with Gasteiger partial charge in [0.15, 0.2) is 0 Å². The van der Waals surface area contributed by atoms with Crippen LogP contribution in [0.4, 0.5) is 0 Å². The van der Waals surface area contributed by atoms with E-state index in [9.17, 15) is 4.57 Å². The van der Waals surface area contributed by atoms with Gasteiger partial charge in [-0.2, -0.15) is 0 Å². The molecule has 0 heterocycles. The molecule has 13 heavy (non-hydrogen) atoms. The molecular formula is C9H14NO2P. The predicted molar refractivity (Wildman–Crippen MR) is 54.1 cm³/mol. The van der Waals surface area contributed by atoms with Gasteiger partial charge in [0.1, 0.15) is 0 Å². The highest BCUT2D eigenvalue weighted by Gasteiger charge is 2.20. The van der Waals surface area contributed by atoms with Crippen LogP contribution in [0.25, 0.3) is 0 Å². The first-order valence-corrected chi connectivity index (χ1v) is 5.84. The lowest BCUT2D eigenvalue weighted by Gasteiger charge is -2.15. The van der Waals surface area contributed by atoms with Crippen LogP contribution in [0.15, 0.2) is 30.3 Å². The molecule has 0 fully saturated rings. The van der Waals surface area contributed by atoms with Crippen molar-refractivity contribution in [2.24, 2.45) is 5.50 Å². The molecule has 0 saturated heterocycles. The SMILES string of the molecule is CC(C)OP(N)(=O)c1ccccc1. The molecule has 0 amide bonds. The van der Waals surface area contributed by atoms with Crippen molar-refractivity contribution in [3.63, 3.8) is 0 Å². The van der Waals surface area contributed by atoms with Crippen LogP contribution >= 0.6 is 7.52 Å². The summed E-state index contributed by atoms with van der Waals surface area (Å²) in [5, 5.41) is 0.559. The number of hydrogen-bond donors (Lipinski definition) is 1. The minimum Gasteiger partial charge on any atom is -0.312 e. The van der Waals surface area contributed by atoms with E-state index in [4.69, 9.17) is 10.0 Å². The second-order valence-corrected chi connectivity index (χ2v) is 5.01. The van der Waals surface area contributed by atoms with E-state index in [2.05, 4.69) is 0 Å².